The van der Waals surface area contributed by atoms with Crippen molar-refractivity contribution in [1.29, 1.82) is 0 Å². The minimum absolute atomic E-state index is 0.0661. The van der Waals surface area contributed by atoms with Gasteiger partial charge in [-0.1, -0.05) is 18.2 Å². The lowest BCUT2D eigenvalue weighted by Crippen LogP contribution is -2.35. The predicted octanol–water partition coefficient (Wildman–Crippen LogP) is 2.63. The molecule has 0 saturated carbocycles. The van der Waals surface area contributed by atoms with Crippen molar-refractivity contribution in [3.05, 3.63) is 60.0 Å². The summed E-state index contributed by atoms with van der Waals surface area (Å²) in [5.74, 6) is -0.0722. The smallest absolute Gasteiger partial charge is 0.278 e. The molecule has 0 aliphatic carbocycles. The number of hydrogen-bond donors (Lipinski definition) is 1. The predicted molar refractivity (Wildman–Crippen MR) is 83.3 cm³/mol. The normalized spacial score (nSPS) is 17.0. The van der Waals surface area contributed by atoms with E-state index in [1.165, 1.54) is 5.56 Å². The molecule has 0 saturated heterocycles. The number of aromatic nitrogens is 2. The third kappa shape index (κ3) is 1.79. The fourth-order valence-electron chi connectivity index (χ4n) is 3.10. The number of carbonyl (C=O) groups is 1. The van der Waals surface area contributed by atoms with E-state index in [2.05, 4.69) is 11.1 Å². The Hall–Kier alpha value is -2.82. The van der Waals surface area contributed by atoms with Crippen molar-refractivity contribution < 1.29 is 9.90 Å². The maximum atomic E-state index is 12.9. The number of anilines is 1. The number of para-hydroxylation sites is 1. The Morgan fingerprint density at radius 1 is 1.27 bits per heavy atom. The molecule has 0 radical (unpaired) electrons. The van der Waals surface area contributed by atoms with Crippen LogP contribution in [0.3, 0.4) is 0 Å². The van der Waals surface area contributed by atoms with Gasteiger partial charge in [0, 0.05) is 24.1 Å². The van der Waals surface area contributed by atoms with Crippen LogP contribution in [0.1, 0.15) is 23.0 Å². The second-order valence-electron chi connectivity index (χ2n) is 5.61. The van der Waals surface area contributed by atoms with Crippen molar-refractivity contribution >= 4 is 17.2 Å². The van der Waals surface area contributed by atoms with Gasteiger partial charge in [0.2, 0.25) is 0 Å². The first kappa shape index (κ1) is 12.9. The molecular weight excluding hydrogens is 278 g/mol. The molecule has 1 aliphatic heterocycles. The zero-order valence-corrected chi connectivity index (χ0v) is 12.1. The van der Waals surface area contributed by atoms with Gasteiger partial charge in [0.05, 0.1) is 0 Å². The Morgan fingerprint density at radius 3 is 2.91 bits per heavy atom. The largest absolute Gasteiger partial charge is 0.504 e. The van der Waals surface area contributed by atoms with E-state index >= 15 is 0 Å². The van der Waals surface area contributed by atoms with E-state index < -0.39 is 0 Å². The van der Waals surface area contributed by atoms with E-state index in [1.54, 1.807) is 33.8 Å². The molecule has 1 aromatic carbocycles. The highest BCUT2D eigenvalue weighted by atomic mass is 16.3. The quantitative estimate of drug-likeness (QED) is 0.750. The van der Waals surface area contributed by atoms with E-state index in [0.717, 1.165) is 12.1 Å². The lowest BCUT2D eigenvalue weighted by Gasteiger charge is -2.21. The second kappa shape index (κ2) is 4.59. The topological polar surface area (TPSA) is 57.8 Å². The monoisotopic (exact) mass is 293 g/mol. The van der Waals surface area contributed by atoms with E-state index in [9.17, 15) is 9.90 Å². The van der Waals surface area contributed by atoms with Crippen molar-refractivity contribution in [2.45, 2.75) is 19.4 Å². The van der Waals surface area contributed by atoms with E-state index in [-0.39, 0.29) is 17.7 Å². The summed E-state index contributed by atoms with van der Waals surface area (Å²) >= 11 is 0. The summed E-state index contributed by atoms with van der Waals surface area (Å²) in [4.78, 5) is 18.9. The van der Waals surface area contributed by atoms with Crippen molar-refractivity contribution in [3.8, 4) is 5.75 Å². The Kier molecular flexibility index (Phi) is 2.69. The van der Waals surface area contributed by atoms with Gasteiger partial charge in [-0.2, -0.15) is 0 Å². The van der Waals surface area contributed by atoms with Crippen LogP contribution in [-0.4, -0.2) is 26.4 Å². The molecule has 3 aromatic rings. The van der Waals surface area contributed by atoms with Gasteiger partial charge in [0.15, 0.2) is 11.4 Å². The molecule has 0 spiro atoms. The third-order valence-electron chi connectivity index (χ3n) is 4.11. The number of hydrogen-bond acceptors (Lipinski definition) is 3. The van der Waals surface area contributed by atoms with Gasteiger partial charge in [0.1, 0.15) is 5.69 Å². The number of benzene rings is 1. The number of rotatable bonds is 1. The number of carbonyl (C=O) groups excluding carboxylic acids is 1. The van der Waals surface area contributed by atoms with Crippen molar-refractivity contribution in [2.24, 2.45) is 0 Å². The number of fused-ring (bicyclic) bond motifs is 2. The highest BCUT2D eigenvalue weighted by molar-refractivity contribution is 6.06. The zero-order valence-electron chi connectivity index (χ0n) is 12.1. The number of pyridine rings is 1. The molecule has 1 atom stereocenters. The third-order valence-corrected chi connectivity index (χ3v) is 4.11. The lowest BCUT2D eigenvalue weighted by molar-refractivity contribution is 0.0977. The fraction of sp³-hybridized carbons (Fsp3) is 0.176. The van der Waals surface area contributed by atoms with Gasteiger partial charge in [-0.25, -0.2) is 4.98 Å². The van der Waals surface area contributed by atoms with Gasteiger partial charge < -0.3 is 14.4 Å². The molecule has 1 N–H and O–H groups in total. The maximum Gasteiger partial charge on any atom is 0.278 e. The van der Waals surface area contributed by atoms with E-state index in [0.29, 0.717) is 11.3 Å². The highest BCUT2D eigenvalue weighted by Gasteiger charge is 2.32. The van der Waals surface area contributed by atoms with Crippen LogP contribution in [-0.2, 0) is 6.42 Å². The molecule has 5 heteroatoms. The number of amides is 1. The van der Waals surface area contributed by atoms with Crippen LogP contribution in [0.15, 0.2) is 48.8 Å². The van der Waals surface area contributed by atoms with Crippen LogP contribution < -0.4 is 4.90 Å². The molecule has 1 unspecified atom stereocenters. The fourth-order valence-corrected chi connectivity index (χ4v) is 3.10. The molecule has 1 aliphatic rings. The van der Waals surface area contributed by atoms with E-state index in [1.807, 2.05) is 25.1 Å². The maximum absolute atomic E-state index is 12.9. The molecule has 5 nitrogen and oxygen atoms in total. The average Bonchev–Trinajstić information content (AvgIpc) is 3.07. The van der Waals surface area contributed by atoms with Crippen LogP contribution in [0.25, 0.3) is 5.65 Å². The number of imidazole rings is 1. The van der Waals surface area contributed by atoms with Crippen LogP contribution in [0.2, 0.25) is 0 Å². The number of aromatic hydroxyl groups is 1. The molecule has 2 aromatic heterocycles. The van der Waals surface area contributed by atoms with E-state index in [4.69, 9.17) is 0 Å². The molecule has 110 valence electrons. The summed E-state index contributed by atoms with van der Waals surface area (Å²) in [6.07, 6.45) is 4.27. The summed E-state index contributed by atoms with van der Waals surface area (Å²) in [6, 6.07) is 11.3. The summed E-state index contributed by atoms with van der Waals surface area (Å²) in [7, 11) is 0. The van der Waals surface area contributed by atoms with Gasteiger partial charge in [-0.15, -0.1) is 0 Å². The summed E-state index contributed by atoms with van der Waals surface area (Å²) in [5, 5.41) is 9.83. The molecule has 1 amide bonds. The number of nitrogens with zero attached hydrogens (tertiary/aromatic N) is 3. The molecule has 3 heterocycles. The van der Waals surface area contributed by atoms with Gasteiger partial charge >= 0.3 is 0 Å². The Morgan fingerprint density at radius 2 is 2.09 bits per heavy atom. The van der Waals surface area contributed by atoms with Crippen molar-refractivity contribution in [1.82, 2.24) is 9.38 Å². The first-order chi connectivity index (χ1) is 10.6. The Balaban J connectivity index is 1.79. The highest BCUT2D eigenvalue weighted by Crippen LogP contribution is 2.33. The Labute approximate surface area is 127 Å². The SMILES string of the molecule is CC1Cc2ccccc2N1C(=O)c1cn2cccc(O)c2n1. The minimum Gasteiger partial charge on any atom is -0.504 e. The lowest BCUT2D eigenvalue weighted by atomic mass is 10.1. The van der Waals surface area contributed by atoms with Crippen LogP contribution >= 0.6 is 0 Å². The Bertz CT molecular complexity index is 884. The molecule has 0 fully saturated rings. The first-order valence-electron chi connectivity index (χ1n) is 7.23. The molecule has 4 rings (SSSR count). The standard InChI is InChI=1S/C17H15N3O2/c1-11-9-12-5-2-3-6-14(12)20(11)17(22)13-10-19-8-4-7-15(21)16(19)18-13/h2-8,10-11,21H,9H2,1H3. The summed E-state index contributed by atoms with van der Waals surface area (Å²) in [6.45, 7) is 2.03. The molecule has 22 heavy (non-hydrogen) atoms. The van der Waals surface area contributed by atoms with Gasteiger partial charge in [-0.05, 0) is 37.1 Å². The first-order valence-corrected chi connectivity index (χ1v) is 7.23. The van der Waals surface area contributed by atoms with Gasteiger partial charge in [0.25, 0.3) is 5.91 Å². The van der Waals surface area contributed by atoms with Crippen LogP contribution in [0.5, 0.6) is 5.75 Å². The summed E-state index contributed by atoms with van der Waals surface area (Å²) in [5.41, 5.74) is 2.85. The van der Waals surface area contributed by atoms with Crippen LogP contribution in [0, 0.1) is 0 Å². The van der Waals surface area contributed by atoms with Crippen LogP contribution in [0.4, 0.5) is 5.69 Å². The average molecular weight is 293 g/mol. The minimum atomic E-state index is -0.138. The zero-order chi connectivity index (χ0) is 15.3. The van der Waals surface area contributed by atoms with Crippen molar-refractivity contribution in [2.75, 3.05) is 4.90 Å². The second-order valence-corrected chi connectivity index (χ2v) is 5.61. The molecular formula is C17H15N3O2. The van der Waals surface area contributed by atoms with Crippen molar-refractivity contribution in [3.63, 3.8) is 0 Å². The van der Waals surface area contributed by atoms with Gasteiger partial charge in [-0.3, -0.25) is 4.79 Å². The molecule has 0 bridgehead atoms. The summed E-state index contributed by atoms with van der Waals surface area (Å²) < 4.78 is 1.66.